The topological polar surface area (TPSA) is 150 Å². The van der Waals surface area contributed by atoms with Gasteiger partial charge in [-0.2, -0.15) is 5.10 Å². The summed E-state index contributed by atoms with van der Waals surface area (Å²) in [6.07, 6.45) is 10.7. The van der Waals surface area contributed by atoms with Crippen LogP contribution in [0.2, 0.25) is 0 Å². The van der Waals surface area contributed by atoms with Crippen LogP contribution >= 0.6 is 0 Å². The summed E-state index contributed by atoms with van der Waals surface area (Å²) in [6, 6.07) is 26.6. The van der Waals surface area contributed by atoms with E-state index in [0.717, 1.165) is 99.1 Å². The Morgan fingerprint density at radius 1 is 0.780 bits per heavy atom. The maximum absolute atomic E-state index is 12.9. The van der Waals surface area contributed by atoms with Gasteiger partial charge in [0.2, 0.25) is 5.91 Å². The SMILES string of the molecule is NC(=O)c1c(-c2ccc(Oc3ccccc3)cc2)nn2c1NCC[C@H]2C1CCC(NC2CCN(CC3CCN(c4cccc(N5CCC(=O)NC5=O)c4)CC3)CC2)CC1. The molecular weight excluding hydrogens is 743 g/mol. The molecule has 9 rings (SSSR count). The van der Waals surface area contributed by atoms with Gasteiger partial charge in [0, 0.05) is 68.2 Å². The van der Waals surface area contributed by atoms with Gasteiger partial charge in [0.1, 0.15) is 28.6 Å². The van der Waals surface area contributed by atoms with Crippen molar-refractivity contribution in [2.24, 2.45) is 17.6 Å². The number of imide groups is 1. The molecule has 1 saturated carbocycles. The Morgan fingerprint density at radius 2 is 1.49 bits per heavy atom. The average Bonchev–Trinajstić information content (AvgIpc) is 3.66. The first kappa shape index (κ1) is 39.1. The second-order valence-corrected chi connectivity index (χ2v) is 17.2. The molecular formula is C46H57N9O4. The van der Waals surface area contributed by atoms with Crippen molar-refractivity contribution in [1.29, 1.82) is 0 Å². The summed E-state index contributed by atoms with van der Waals surface area (Å²) in [7, 11) is 0. The Bertz CT molecular complexity index is 2100. The number of para-hydroxylation sites is 1. The summed E-state index contributed by atoms with van der Waals surface area (Å²) in [5.41, 5.74) is 9.93. The number of nitrogens with zero attached hydrogens (tertiary/aromatic N) is 5. The molecule has 4 aliphatic heterocycles. The van der Waals surface area contributed by atoms with Gasteiger partial charge in [-0.05, 0) is 137 Å². The summed E-state index contributed by atoms with van der Waals surface area (Å²) in [6.45, 7) is 6.74. The van der Waals surface area contributed by atoms with E-state index in [2.05, 4.69) is 42.6 Å². The molecule has 1 aromatic heterocycles. The molecule has 310 valence electrons. The van der Waals surface area contributed by atoms with Crippen molar-refractivity contribution in [3.8, 4) is 22.8 Å². The Morgan fingerprint density at radius 3 is 2.22 bits per heavy atom. The maximum Gasteiger partial charge on any atom is 0.328 e. The monoisotopic (exact) mass is 799 g/mol. The third-order valence-corrected chi connectivity index (χ3v) is 13.4. The second kappa shape index (κ2) is 17.4. The second-order valence-electron chi connectivity index (χ2n) is 17.2. The molecule has 0 radical (unpaired) electrons. The number of primary amides is 1. The lowest BCUT2D eigenvalue weighted by molar-refractivity contribution is -0.120. The number of carbonyl (C=O) groups excluding carboxylic acids is 3. The molecule has 5 heterocycles. The smallest absolute Gasteiger partial charge is 0.328 e. The zero-order valence-electron chi connectivity index (χ0n) is 33.9. The predicted molar refractivity (Wildman–Crippen MR) is 230 cm³/mol. The van der Waals surface area contributed by atoms with E-state index < -0.39 is 5.91 Å². The molecule has 59 heavy (non-hydrogen) atoms. The van der Waals surface area contributed by atoms with Crippen LogP contribution in [0.4, 0.5) is 22.0 Å². The number of aromatic nitrogens is 2. The number of hydrogen-bond donors (Lipinski definition) is 4. The molecule has 5 aliphatic rings. The number of hydrogen-bond acceptors (Lipinski definition) is 9. The first-order chi connectivity index (χ1) is 28.8. The van der Waals surface area contributed by atoms with Gasteiger partial charge >= 0.3 is 6.03 Å². The number of fused-ring (bicyclic) bond motifs is 1. The van der Waals surface area contributed by atoms with Crippen LogP contribution in [0.15, 0.2) is 78.9 Å². The molecule has 3 aromatic carbocycles. The van der Waals surface area contributed by atoms with Gasteiger partial charge in [0.25, 0.3) is 5.91 Å². The zero-order chi connectivity index (χ0) is 40.3. The lowest BCUT2D eigenvalue weighted by Crippen LogP contribution is -2.49. The fraction of sp³-hybridized carbons (Fsp3) is 0.478. The van der Waals surface area contributed by atoms with E-state index in [1.54, 1.807) is 4.90 Å². The molecule has 13 heteroatoms. The Hall–Kier alpha value is -5.40. The minimum absolute atomic E-state index is 0.209. The van der Waals surface area contributed by atoms with Crippen molar-refractivity contribution in [2.45, 2.75) is 82.3 Å². The van der Waals surface area contributed by atoms with E-state index >= 15 is 0 Å². The fourth-order valence-corrected chi connectivity index (χ4v) is 10.2. The highest BCUT2D eigenvalue weighted by molar-refractivity contribution is 6.06. The summed E-state index contributed by atoms with van der Waals surface area (Å²) < 4.78 is 8.07. The van der Waals surface area contributed by atoms with Crippen LogP contribution in [0.3, 0.4) is 0 Å². The number of nitrogens with two attached hydrogens (primary N) is 1. The van der Waals surface area contributed by atoms with Crippen molar-refractivity contribution in [2.75, 3.05) is 60.9 Å². The van der Waals surface area contributed by atoms with Crippen LogP contribution in [0.1, 0.15) is 80.6 Å². The maximum atomic E-state index is 12.9. The number of rotatable bonds is 11. The van der Waals surface area contributed by atoms with E-state index in [0.29, 0.717) is 48.1 Å². The van der Waals surface area contributed by atoms with Gasteiger partial charge in [-0.25, -0.2) is 9.48 Å². The zero-order valence-corrected chi connectivity index (χ0v) is 33.9. The van der Waals surface area contributed by atoms with E-state index in [9.17, 15) is 14.4 Å². The lowest BCUT2D eigenvalue weighted by Gasteiger charge is -2.41. The molecule has 3 saturated heterocycles. The van der Waals surface area contributed by atoms with Crippen molar-refractivity contribution < 1.29 is 19.1 Å². The highest BCUT2D eigenvalue weighted by Gasteiger charge is 2.36. The van der Waals surface area contributed by atoms with Gasteiger partial charge < -0.3 is 30.9 Å². The van der Waals surface area contributed by atoms with E-state index in [1.165, 1.54) is 32.2 Å². The summed E-state index contributed by atoms with van der Waals surface area (Å²) in [5, 5.41) is 15.0. The van der Waals surface area contributed by atoms with Gasteiger partial charge in [0.05, 0.1) is 6.04 Å². The number of piperidine rings is 2. The van der Waals surface area contributed by atoms with Gasteiger partial charge in [-0.15, -0.1) is 0 Å². The molecule has 1 atom stereocenters. The van der Waals surface area contributed by atoms with Crippen LogP contribution in [-0.4, -0.2) is 90.4 Å². The molecule has 4 fully saturated rings. The highest BCUT2D eigenvalue weighted by atomic mass is 16.5. The van der Waals surface area contributed by atoms with Crippen LogP contribution in [-0.2, 0) is 4.79 Å². The van der Waals surface area contributed by atoms with E-state index in [1.807, 2.05) is 66.7 Å². The van der Waals surface area contributed by atoms with Gasteiger partial charge in [-0.1, -0.05) is 24.3 Å². The third-order valence-electron chi connectivity index (χ3n) is 13.4. The third kappa shape index (κ3) is 8.82. The minimum Gasteiger partial charge on any atom is -0.457 e. The molecule has 0 unspecified atom stereocenters. The molecule has 13 nitrogen and oxygen atoms in total. The first-order valence-electron chi connectivity index (χ1n) is 21.8. The number of amides is 4. The van der Waals surface area contributed by atoms with Crippen molar-refractivity contribution >= 4 is 35.0 Å². The summed E-state index contributed by atoms with van der Waals surface area (Å²) in [5.74, 6) is 2.77. The number of benzene rings is 3. The number of ether oxygens (including phenoxy) is 1. The molecule has 5 N–H and O–H groups in total. The van der Waals surface area contributed by atoms with Crippen LogP contribution in [0.5, 0.6) is 11.5 Å². The van der Waals surface area contributed by atoms with Crippen LogP contribution in [0.25, 0.3) is 11.3 Å². The summed E-state index contributed by atoms with van der Waals surface area (Å²) >= 11 is 0. The molecule has 4 amide bonds. The number of urea groups is 1. The molecule has 0 bridgehead atoms. The van der Waals surface area contributed by atoms with Crippen LogP contribution in [0, 0.1) is 11.8 Å². The molecule has 4 aromatic rings. The van der Waals surface area contributed by atoms with Gasteiger partial charge in [-0.3, -0.25) is 19.8 Å². The minimum atomic E-state index is -0.464. The number of anilines is 3. The van der Waals surface area contributed by atoms with Crippen molar-refractivity contribution in [1.82, 2.24) is 25.3 Å². The van der Waals surface area contributed by atoms with Gasteiger partial charge in [0.15, 0.2) is 0 Å². The van der Waals surface area contributed by atoms with Crippen molar-refractivity contribution in [3.63, 3.8) is 0 Å². The fourth-order valence-electron chi connectivity index (χ4n) is 10.2. The number of carbonyl (C=O) groups is 3. The predicted octanol–water partition coefficient (Wildman–Crippen LogP) is 6.77. The standard InChI is InChI=1S/C46H57N9O4/c47-44(57)42-43(33-11-15-39(16-12-33)59-38-7-2-1-3-8-38)51-55-40(17-23-48-45(42)55)32-9-13-34(14-10-32)49-35-20-24-52(25-21-35)30-31-18-26-53(27-19-31)36-5-4-6-37(29-36)54-28-22-41(56)50-46(54)58/h1-8,11-12,15-16,29,31-32,34-35,40,48-49H,9-10,13-14,17-28,30H2,(H2,47,57)(H,50,56,58)/t32?,34?,40-/m0/s1. The summed E-state index contributed by atoms with van der Waals surface area (Å²) in [4.78, 5) is 43.7. The average molecular weight is 800 g/mol. The molecule has 0 spiro atoms. The largest absolute Gasteiger partial charge is 0.457 e. The number of likely N-dealkylation sites (tertiary alicyclic amines) is 1. The Labute approximate surface area is 346 Å². The normalized spacial score (nSPS) is 23.4. The highest BCUT2D eigenvalue weighted by Crippen LogP contribution is 2.42. The Kier molecular flexibility index (Phi) is 11.6. The van der Waals surface area contributed by atoms with E-state index in [-0.39, 0.29) is 18.0 Å². The van der Waals surface area contributed by atoms with Crippen molar-refractivity contribution in [3.05, 3.63) is 84.4 Å². The first-order valence-corrected chi connectivity index (χ1v) is 21.8. The molecule has 1 aliphatic carbocycles. The lowest BCUT2D eigenvalue weighted by atomic mass is 9.79. The Balaban J connectivity index is 0.730. The van der Waals surface area contributed by atoms with Crippen LogP contribution < -0.4 is 36.2 Å². The number of nitrogens with one attached hydrogen (secondary N) is 3. The quantitative estimate of drug-likeness (QED) is 0.129. The van der Waals surface area contributed by atoms with E-state index in [4.69, 9.17) is 15.6 Å².